The lowest BCUT2D eigenvalue weighted by Gasteiger charge is -2.16. The number of rotatable bonds is 5. The number of benzene rings is 1. The first-order valence-corrected chi connectivity index (χ1v) is 7.73. The van der Waals surface area contributed by atoms with Gasteiger partial charge in [-0.15, -0.1) is 0 Å². The van der Waals surface area contributed by atoms with E-state index in [4.69, 9.17) is 9.88 Å². The Hall–Kier alpha value is -1.60. The lowest BCUT2D eigenvalue weighted by atomic mass is 9.97. The Morgan fingerprint density at radius 2 is 1.90 bits per heavy atom. The number of anilines is 1. The Morgan fingerprint density at radius 3 is 2.35 bits per heavy atom. The molecular formula is C13H20N2O4S. The number of sulfonamides is 1. The molecular weight excluding hydrogens is 280 g/mol. The van der Waals surface area contributed by atoms with Gasteiger partial charge in [0.15, 0.2) is 0 Å². The van der Waals surface area contributed by atoms with Crippen LogP contribution in [0.5, 0.6) is 5.75 Å². The summed E-state index contributed by atoms with van der Waals surface area (Å²) >= 11 is 0. The highest BCUT2D eigenvalue weighted by molar-refractivity contribution is 7.89. The van der Waals surface area contributed by atoms with Crippen molar-refractivity contribution < 1.29 is 17.9 Å². The van der Waals surface area contributed by atoms with E-state index < -0.39 is 10.0 Å². The minimum atomic E-state index is -3.86. The van der Waals surface area contributed by atoms with E-state index in [1.165, 1.54) is 25.3 Å². The summed E-state index contributed by atoms with van der Waals surface area (Å²) in [5.74, 6) is 0.0207. The quantitative estimate of drug-likeness (QED) is 0.862. The number of amides is 1. The summed E-state index contributed by atoms with van der Waals surface area (Å²) in [5.41, 5.74) is 0.465. The highest BCUT2D eigenvalue weighted by Gasteiger charge is 2.19. The van der Waals surface area contributed by atoms with Gasteiger partial charge in [-0.05, 0) is 18.1 Å². The Labute approximate surface area is 119 Å². The van der Waals surface area contributed by atoms with Crippen molar-refractivity contribution in [3.8, 4) is 5.75 Å². The van der Waals surface area contributed by atoms with Gasteiger partial charge in [0.25, 0.3) is 0 Å². The SMILES string of the molecule is COc1cc(NC(=O)C(C)C(C)C)ccc1S(N)(=O)=O. The van der Waals surface area contributed by atoms with Crippen molar-refractivity contribution in [2.24, 2.45) is 17.0 Å². The lowest BCUT2D eigenvalue weighted by molar-refractivity contribution is -0.120. The zero-order chi connectivity index (χ0) is 15.5. The third kappa shape index (κ3) is 3.94. The molecule has 0 saturated heterocycles. The van der Waals surface area contributed by atoms with Crippen LogP contribution in [0, 0.1) is 11.8 Å². The zero-order valence-corrected chi connectivity index (χ0v) is 12.8. The van der Waals surface area contributed by atoms with Crippen molar-refractivity contribution >= 4 is 21.6 Å². The monoisotopic (exact) mass is 300 g/mol. The van der Waals surface area contributed by atoms with Gasteiger partial charge >= 0.3 is 0 Å². The van der Waals surface area contributed by atoms with Crippen LogP contribution >= 0.6 is 0 Å². The smallest absolute Gasteiger partial charge is 0.241 e. The number of hydrogen-bond donors (Lipinski definition) is 2. The summed E-state index contributed by atoms with van der Waals surface area (Å²) in [5, 5.41) is 7.80. The number of ether oxygens (including phenoxy) is 1. The van der Waals surface area contributed by atoms with Crippen LogP contribution in [0.4, 0.5) is 5.69 Å². The molecule has 1 atom stereocenters. The van der Waals surface area contributed by atoms with E-state index >= 15 is 0 Å². The van der Waals surface area contributed by atoms with Crippen LogP contribution in [0.25, 0.3) is 0 Å². The maximum Gasteiger partial charge on any atom is 0.241 e. The molecule has 0 saturated carbocycles. The Kier molecular flexibility index (Phi) is 5.13. The minimum Gasteiger partial charge on any atom is -0.495 e. The number of methoxy groups -OCH3 is 1. The van der Waals surface area contributed by atoms with E-state index in [9.17, 15) is 13.2 Å². The van der Waals surface area contributed by atoms with Crippen LogP contribution in [0.3, 0.4) is 0 Å². The van der Waals surface area contributed by atoms with Crippen LogP contribution in [-0.2, 0) is 14.8 Å². The van der Waals surface area contributed by atoms with E-state index in [0.717, 1.165) is 0 Å². The van der Waals surface area contributed by atoms with Gasteiger partial charge in [0.2, 0.25) is 15.9 Å². The van der Waals surface area contributed by atoms with E-state index in [0.29, 0.717) is 5.69 Å². The number of nitrogens with two attached hydrogens (primary N) is 1. The fraction of sp³-hybridized carbons (Fsp3) is 0.462. The first-order valence-electron chi connectivity index (χ1n) is 6.18. The van der Waals surface area contributed by atoms with E-state index in [1.807, 2.05) is 20.8 Å². The van der Waals surface area contributed by atoms with Crippen molar-refractivity contribution in [1.29, 1.82) is 0 Å². The molecule has 0 spiro atoms. The number of primary sulfonamides is 1. The van der Waals surface area contributed by atoms with Gasteiger partial charge in [-0.25, -0.2) is 13.6 Å². The van der Waals surface area contributed by atoms with Gasteiger partial charge < -0.3 is 10.1 Å². The second-order valence-corrected chi connectivity index (χ2v) is 6.46. The molecule has 7 heteroatoms. The van der Waals surface area contributed by atoms with Gasteiger partial charge in [-0.1, -0.05) is 20.8 Å². The van der Waals surface area contributed by atoms with E-state index in [-0.39, 0.29) is 28.4 Å². The molecule has 1 amide bonds. The molecule has 6 nitrogen and oxygen atoms in total. The molecule has 0 bridgehead atoms. The summed E-state index contributed by atoms with van der Waals surface area (Å²) in [6, 6.07) is 4.22. The van der Waals surface area contributed by atoms with E-state index in [1.54, 1.807) is 0 Å². The molecule has 0 aromatic heterocycles. The van der Waals surface area contributed by atoms with Crippen molar-refractivity contribution in [2.75, 3.05) is 12.4 Å². The standard InChI is InChI=1S/C13H20N2O4S/c1-8(2)9(3)13(16)15-10-5-6-12(20(14,17)18)11(7-10)19-4/h5-9H,1-4H3,(H,15,16)(H2,14,17,18). The van der Waals surface area contributed by atoms with Crippen molar-refractivity contribution in [1.82, 2.24) is 0 Å². The number of carbonyl (C=O) groups is 1. The van der Waals surface area contributed by atoms with Crippen LogP contribution in [-0.4, -0.2) is 21.4 Å². The van der Waals surface area contributed by atoms with E-state index in [2.05, 4.69) is 5.32 Å². The largest absolute Gasteiger partial charge is 0.495 e. The molecule has 1 aromatic carbocycles. The van der Waals surface area contributed by atoms with Gasteiger partial charge in [0.1, 0.15) is 10.6 Å². The third-order valence-electron chi connectivity index (χ3n) is 3.15. The maximum absolute atomic E-state index is 11.9. The van der Waals surface area contributed by atoms with Gasteiger partial charge in [0, 0.05) is 17.7 Å². The normalized spacial score (nSPS) is 13.1. The predicted molar refractivity (Wildman–Crippen MR) is 77.0 cm³/mol. The minimum absolute atomic E-state index is 0.0995. The topological polar surface area (TPSA) is 98.5 Å². The fourth-order valence-corrected chi connectivity index (χ4v) is 2.22. The first kappa shape index (κ1) is 16.5. The van der Waals surface area contributed by atoms with Crippen molar-refractivity contribution in [3.05, 3.63) is 18.2 Å². The van der Waals surface area contributed by atoms with Crippen LogP contribution < -0.4 is 15.2 Å². The predicted octanol–water partition coefficient (Wildman–Crippen LogP) is 1.57. The molecule has 1 aromatic rings. The molecule has 0 radical (unpaired) electrons. The van der Waals surface area contributed by atoms with Gasteiger partial charge in [-0.3, -0.25) is 4.79 Å². The highest BCUT2D eigenvalue weighted by atomic mass is 32.2. The van der Waals surface area contributed by atoms with Crippen LogP contribution in [0.15, 0.2) is 23.1 Å². The molecule has 3 N–H and O–H groups in total. The van der Waals surface area contributed by atoms with Gasteiger partial charge in [-0.2, -0.15) is 0 Å². The summed E-state index contributed by atoms with van der Waals surface area (Å²) in [6.45, 7) is 5.74. The first-order chi connectivity index (χ1) is 9.16. The van der Waals surface area contributed by atoms with Crippen LogP contribution in [0.1, 0.15) is 20.8 Å². The second kappa shape index (κ2) is 6.23. The molecule has 112 valence electrons. The number of carbonyl (C=O) groups excluding carboxylic acids is 1. The molecule has 0 aliphatic heterocycles. The molecule has 1 rings (SSSR count). The van der Waals surface area contributed by atoms with Crippen molar-refractivity contribution in [2.45, 2.75) is 25.7 Å². The molecule has 0 aliphatic carbocycles. The fourth-order valence-electron chi connectivity index (χ4n) is 1.54. The highest BCUT2D eigenvalue weighted by Crippen LogP contribution is 2.26. The molecule has 20 heavy (non-hydrogen) atoms. The summed E-state index contributed by atoms with van der Waals surface area (Å²) in [6.07, 6.45) is 0. The average Bonchev–Trinajstić information content (AvgIpc) is 2.36. The zero-order valence-electron chi connectivity index (χ0n) is 12.0. The Bertz CT molecular complexity index is 596. The average molecular weight is 300 g/mol. The Balaban J connectivity index is 3.03. The summed E-state index contributed by atoms with van der Waals surface area (Å²) < 4.78 is 27.7. The van der Waals surface area contributed by atoms with Gasteiger partial charge in [0.05, 0.1) is 7.11 Å². The second-order valence-electron chi connectivity index (χ2n) is 4.93. The summed E-state index contributed by atoms with van der Waals surface area (Å²) in [7, 11) is -2.52. The molecule has 1 unspecified atom stereocenters. The lowest BCUT2D eigenvalue weighted by Crippen LogP contribution is -2.24. The molecule has 0 aliphatic rings. The molecule has 0 heterocycles. The number of hydrogen-bond acceptors (Lipinski definition) is 4. The molecule has 0 fully saturated rings. The maximum atomic E-state index is 11.9. The van der Waals surface area contributed by atoms with Crippen LogP contribution in [0.2, 0.25) is 0 Å². The summed E-state index contributed by atoms with van der Waals surface area (Å²) in [4.78, 5) is 11.8. The number of nitrogens with one attached hydrogen (secondary N) is 1. The Morgan fingerprint density at radius 1 is 1.30 bits per heavy atom. The van der Waals surface area contributed by atoms with Crippen molar-refractivity contribution in [3.63, 3.8) is 0 Å². The third-order valence-corrected chi connectivity index (χ3v) is 4.10.